The van der Waals surface area contributed by atoms with Crippen LogP contribution in [0.3, 0.4) is 0 Å². The number of nitrogens with zero attached hydrogens (tertiary/aromatic N) is 1. The van der Waals surface area contributed by atoms with E-state index < -0.39 is 32.5 Å². The normalized spacial score (nSPS) is 14.4. The van der Waals surface area contributed by atoms with E-state index in [2.05, 4.69) is 98.9 Å². The van der Waals surface area contributed by atoms with Gasteiger partial charge in [-0.2, -0.15) is 0 Å². The first-order chi connectivity index (χ1) is 28.0. The van der Waals surface area contributed by atoms with E-state index >= 15 is 0 Å². The van der Waals surface area contributed by atoms with Crippen molar-refractivity contribution in [2.75, 3.05) is 47.5 Å². The molecule has 0 aromatic rings. The van der Waals surface area contributed by atoms with Gasteiger partial charge in [-0.1, -0.05) is 144 Å². The quantitative estimate of drug-likeness (QED) is 0.0198. The highest BCUT2D eigenvalue weighted by atomic mass is 31.2. The number of carbonyl (C=O) groups is 2. The molecule has 0 aliphatic heterocycles. The van der Waals surface area contributed by atoms with Crippen molar-refractivity contribution in [3.05, 3.63) is 85.1 Å². The Bertz CT molecular complexity index is 1260. The van der Waals surface area contributed by atoms with E-state index in [4.69, 9.17) is 18.5 Å². The van der Waals surface area contributed by atoms with Crippen molar-refractivity contribution in [1.82, 2.24) is 0 Å². The lowest BCUT2D eigenvalue weighted by Crippen LogP contribution is -2.37. The Balaban J connectivity index is 4.38. The predicted octanol–water partition coefficient (Wildman–Crippen LogP) is 12.2. The Hall–Kier alpha value is -2.81. The van der Waals surface area contributed by atoms with Crippen LogP contribution < -0.4 is 4.89 Å². The van der Waals surface area contributed by atoms with Gasteiger partial charge in [0.25, 0.3) is 7.82 Å². The number of phosphoric acid groups is 1. The van der Waals surface area contributed by atoms with Gasteiger partial charge in [-0.3, -0.25) is 14.2 Å². The van der Waals surface area contributed by atoms with Crippen LogP contribution in [0.15, 0.2) is 85.1 Å². The fourth-order valence-corrected chi connectivity index (χ4v) is 6.21. The van der Waals surface area contributed by atoms with Crippen molar-refractivity contribution in [1.29, 1.82) is 0 Å². The predicted molar refractivity (Wildman–Crippen MR) is 240 cm³/mol. The maximum Gasteiger partial charge on any atom is 0.306 e. The molecule has 0 aliphatic carbocycles. The zero-order valence-electron chi connectivity index (χ0n) is 37.2. The number of rotatable bonds is 39. The second kappa shape index (κ2) is 39.6. The molecule has 10 heteroatoms. The maximum absolute atomic E-state index is 12.7. The monoisotopic (exact) mass is 832 g/mol. The molecular formula is C48H82NO8P. The molecule has 0 rings (SSSR count). The largest absolute Gasteiger partial charge is 0.756 e. The summed E-state index contributed by atoms with van der Waals surface area (Å²) in [4.78, 5) is 37.5. The topological polar surface area (TPSA) is 111 Å². The maximum atomic E-state index is 12.7. The summed E-state index contributed by atoms with van der Waals surface area (Å²) in [5, 5.41) is 0. The van der Waals surface area contributed by atoms with Crippen molar-refractivity contribution in [3.63, 3.8) is 0 Å². The molecule has 0 radical (unpaired) electrons. The van der Waals surface area contributed by atoms with E-state index in [9.17, 15) is 19.0 Å². The molecule has 0 heterocycles. The molecule has 0 amide bonds. The first kappa shape index (κ1) is 55.2. The minimum Gasteiger partial charge on any atom is -0.756 e. The SMILES string of the molecule is CC/C=C\C/C=C\C/C=C\C/C=C\CCCCCCCCCCC(=O)OC(COC(=O)CCCCC/C=C\C/C=C\C/C=C\CC)COP(=O)([O-])OCC[N+](C)(C)C. The average molecular weight is 832 g/mol. The molecule has 0 aromatic carbocycles. The lowest BCUT2D eigenvalue weighted by atomic mass is 10.1. The Labute approximate surface area is 354 Å². The van der Waals surface area contributed by atoms with Crippen LogP contribution in [-0.2, 0) is 32.7 Å². The van der Waals surface area contributed by atoms with Crippen molar-refractivity contribution in [2.24, 2.45) is 0 Å². The molecule has 0 bridgehead atoms. The fraction of sp³-hybridized carbons (Fsp3) is 0.667. The highest BCUT2D eigenvalue weighted by Crippen LogP contribution is 2.38. The lowest BCUT2D eigenvalue weighted by molar-refractivity contribution is -0.870. The molecule has 2 unspecified atom stereocenters. The van der Waals surface area contributed by atoms with E-state index in [0.717, 1.165) is 89.9 Å². The van der Waals surface area contributed by atoms with Gasteiger partial charge in [-0.05, 0) is 83.5 Å². The van der Waals surface area contributed by atoms with Gasteiger partial charge in [-0.25, -0.2) is 0 Å². The molecule has 0 aliphatic rings. The summed E-state index contributed by atoms with van der Waals surface area (Å²) in [5.74, 6) is -0.887. The zero-order valence-corrected chi connectivity index (χ0v) is 38.1. The van der Waals surface area contributed by atoms with E-state index in [-0.39, 0.29) is 26.1 Å². The Morgan fingerprint density at radius 2 is 0.931 bits per heavy atom. The van der Waals surface area contributed by atoms with E-state index in [1.807, 2.05) is 21.1 Å². The fourth-order valence-electron chi connectivity index (χ4n) is 5.48. The molecule has 0 fully saturated rings. The summed E-state index contributed by atoms with van der Waals surface area (Å²) in [6.07, 6.45) is 50.4. The van der Waals surface area contributed by atoms with Crippen LogP contribution >= 0.6 is 7.82 Å². The van der Waals surface area contributed by atoms with E-state index in [0.29, 0.717) is 23.9 Å². The molecule has 0 aromatic heterocycles. The van der Waals surface area contributed by atoms with Gasteiger partial charge in [-0.15, -0.1) is 0 Å². The number of carbonyl (C=O) groups excluding carboxylic acids is 2. The molecule has 0 saturated carbocycles. The van der Waals surface area contributed by atoms with Crippen LogP contribution in [-0.4, -0.2) is 70.0 Å². The van der Waals surface area contributed by atoms with Gasteiger partial charge in [0, 0.05) is 12.8 Å². The second-order valence-electron chi connectivity index (χ2n) is 15.6. The lowest BCUT2D eigenvalue weighted by Gasteiger charge is -2.28. The first-order valence-corrected chi connectivity index (χ1v) is 23.8. The highest BCUT2D eigenvalue weighted by Gasteiger charge is 2.21. The summed E-state index contributed by atoms with van der Waals surface area (Å²) < 4.78 is 33.9. The highest BCUT2D eigenvalue weighted by molar-refractivity contribution is 7.45. The standard InChI is InChI=1S/C48H82NO8P/c1-6-8-10-12-14-16-18-20-21-22-23-24-25-26-27-29-31-33-35-37-39-41-48(51)57-46(45-56-58(52,53)55-43-42-49(3,4)5)44-54-47(50)40-38-36-34-32-30-28-19-17-15-13-11-9-7-2/h8-11,14-17,20-21,23-24,28,30,46H,6-7,12-13,18-19,22,25-27,29,31-45H2,1-5H3/b10-8-,11-9-,16-14-,17-15-,21-20-,24-23-,30-28-. The number of quaternary nitrogens is 1. The Morgan fingerprint density at radius 3 is 1.40 bits per heavy atom. The summed E-state index contributed by atoms with van der Waals surface area (Å²) >= 11 is 0. The third kappa shape index (κ3) is 42.8. The summed E-state index contributed by atoms with van der Waals surface area (Å²) in [7, 11) is 1.13. The molecule has 2 atom stereocenters. The number of esters is 2. The molecule has 332 valence electrons. The van der Waals surface area contributed by atoms with Gasteiger partial charge in [0.1, 0.15) is 19.8 Å². The second-order valence-corrected chi connectivity index (χ2v) is 17.1. The number of likely N-dealkylation sites (N-methyl/N-ethyl adjacent to an activating group) is 1. The van der Waals surface area contributed by atoms with Crippen molar-refractivity contribution in [3.8, 4) is 0 Å². The van der Waals surface area contributed by atoms with Crippen LogP contribution in [0.2, 0.25) is 0 Å². The number of hydrogen-bond donors (Lipinski definition) is 0. The first-order valence-electron chi connectivity index (χ1n) is 22.3. The number of hydrogen-bond acceptors (Lipinski definition) is 8. The summed E-state index contributed by atoms with van der Waals surface area (Å²) in [5.41, 5.74) is 0. The molecule has 9 nitrogen and oxygen atoms in total. The Kier molecular flexibility index (Phi) is 37.7. The third-order valence-corrected chi connectivity index (χ3v) is 9.87. The van der Waals surface area contributed by atoms with E-state index in [1.54, 1.807) is 0 Å². The van der Waals surface area contributed by atoms with Crippen LogP contribution in [0.25, 0.3) is 0 Å². The molecule has 0 saturated heterocycles. The third-order valence-electron chi connectivity index (χ3n) is 8.91. The van der Waals surface area contributed by atoms with Gasteiger partial charge in [0.2, 0.25) is 0 Å². The summed E-state index contributed by atoms with van der Waals surface area (Å²) in [6, 6.07) is 0. The number of phosphoric ester groups is 1. The van der Waals surface area contributed by atoms with Gasteiger partial charge in [0.15, 0.2) is 6.10 Å². The van der Waals surface area contributed by atoms with E-state index in [1.165, 1.54) is 25.7 Å². The van der Waals surface area contributed by atoms with Crippen molar-refractivity contribution < 1.29 is 42.1 Å². The van der Waals surface area contributed by atoms with Crippen molar-refractivity contribution in [2.45, 2.75) is 161 Å². The number of unbranched alkanes of at least 4 members (excludes halogenated alkanes) is 11. The molecule has 58 heavy (non-hydrogen) atoms. The minimum absolute atomic E-state index is 0.0421. The van der Waals surface area contributed by atoms with Crippen LogP contribution in [0.4, 0.5) is 0 Å². The van der Waals surface area contributed by atoms with Gasteiger partial charge in [0.05, 0.1) is 27.7 Å². The average Bonchev–Trinajstić information content (AvgIpc) is 3.17. The Morgan fingerprint density at radius 1 is 0.534 bits per heavy atom. The van der Waals surface area contributed by atoms with Crippen LogP contribution in [0, 0.1) is 0 Å². The zero-order chi connectivity index (χ0) is 42.8. The smallest absolute Gasteiger partial charge is 0.306 e. The molecule has 0 N–H and O–H groups in total. The number of allylic oxidation sites excluding steroid dienone is 14. The minimum atomic E-state index is -4.64. The van der Waals surface area contributed by atoms with Crippen LogP contribution in [0.5, 0.6) is 0 Å². The van der Waals surface area contributed by atoms with Gasteiger partial charge < -0.3 is 27.9 Å². The summed E-state index contributed by atoms with van der Waals surface area (Å²) in [6.45, 7) is 3.93. The van der Waals surface area contributed by atoms with Crippen LogP contribution in [0.1, 0.15) is 155 Å². The molecule has 0 spiro atoms. The van der Waals surface area contributed by atoms with Crippen molar-refractivity contribution >= 4 is 19.8 Å². The number of ether oxygens (including phenoxy) is 2. The molecular weight excluding hydrogens is 750 g/mol. The van der Waals surface area contributed by atoms with Gasteiger partial charge >= 0.3 is 11.9 Å².